The smallest absolute Gasteiger partial charge is 0.261 e. The van der Waals surface area contributed by atoms with Crippen LogP contribution in [0.1, 0.15) is 40.0 Å². The second kappa shape index (κ2) is 7.23. The number of fused-ring (bicyclic) bond motifs is 1. The van der Waals surface area contributed by atoms with E-state index in [9.17, 15) is 9.59 Å². The van der Waals surface area contributed by atoms with Crippen LogP contribution in [0.25, 0.3) is 0 Å². The Morgan fingerprint density at radius 2 is 1.52 bits per heavy atom. The Balaban J connectivity index is 1.45. The minimum Gasteiger partial charge on any atom is -0.305 e. The van der Waals surface area contributed by atoms with Crippen molar-refractivity contribution in [3.05, 3.63) is 35.4 Å². The molecule has 0 radical (unpaired) electrons. The Kier molecular flexibility index (Phi) is 5.08. The summed E-state index contributed by atoms with van der Waals surface area (Å²) in [6.45, 7) is 6.14. The molecule has 3 rings (SSSR count). The summed E-state index contributed by atoms with van der Waals surface area (Å²) in [6.07, 6.45) is 3.11. The number of likely N-dealkylation sites (N-methyl/N-ethyl adjacent to an activating group) is 1. The molecule has 0 N–H and O–H groups in total. The fourth-order valence-corrected chi connectivity index (χ4v) is 3.37. The van der Waals surface area contributed by atoms with Gasteiger partial charge in [0.25, 0.3) is 11.8 Å². The molecule has 23 heavy (non-hydrogen) atoms. The number of hydrogen-bond donors (Lipinski definition) is 0. The van der Waals surface area contributed by atoms with Gasteiger partial charge in [-0.15, -0.1) is 0 Å². The van der Waals surface area contributed by atoms with Gasteiger partial charge in [0, 0.05) is 19.6 Å². The predicted octanol–water partition coefficient (Wildman–Crippen LogP) is 1.70. The molecule has 0 aliphatic carbocycles. The quantitative estimate of drug-likeness (QED) is 0.613. The molecule has 124 valence electrons. The molecule has 1 aromatic rings. The van der Waals surface area contributed by atoms with Crippen molar-refractivity contribution in [1.82, 2.24) is 14.7 Å². The van der Waals surface area contributed by atoms with Crippen molar-refractivity contribution < 1.29 is 9.59 Å². The molecule has 1 saturated heterocycles. The standard InChI is InChI=1S/C18H25N3O2/c1-19-9-6-11-20(14-13-19)10-4-5-12-21-17(22)15-7-2-3-8-16(15)18(21)23/h2-3,7-8H,4-6,9-14H2,1H3. The van der Waals surface area contributed by atoms with Crippen LogP contribution in [0.2, 0.25) is 0 Å². The SMILES string of the molecule is CN1CCCN(CCCCN2C(=O)c3ccccc3C2=O)CC1. The Labute approximate surface area is 137 Å². The number of rotatable bonds is 5. The molecule has 0 unspecified atom stereocenters. The van der Waals surface area contributed by atoms with E-state index >= 15 is 0 Å². The first kappa shape index (κ1) is 16.1. The summed E-state index contributed by atoms with van der Waals surface area (Å²) >= 11 is 0. The first-order chi connectivity index (χ1) is 11.2. The molecule has 2 heterocycles. The third-order valence-corrected chi connectivity index (χ3v) is 4.80. The highest BCUT2D eigenvalue weighted by atomic mass is 16.2. The van der Waals surface area contributed by atoms with E-state index < -0.39 is 0 Å². The van der Waals surface area contributed by atoms with Crippen LogP contribution in [0.15, 0.2) is 24.3 Å². The van der Waals surface area contributed by atoms with Gasteiger partial charge >= 0.3 is 0 Å². The van der Waals surface area contributed by atoms with E-state index in [2.05, 4.69) is 16.8 Å². The highest BCUT2D eigenvalue weighted by Gasteiger charge is 2.34. The van der Waals surface area contributed by atoms with Gasteiger partial charge in [0.15, 0.2) is 0 Å². The van der Waals surface area contributed by atoms with E-state index in [1.54, 1.807) is 12.1 Å². The van der Waals surface area contributed by atoms with E-state index in [1.165, 1.54) is 17.9 Å². The number of benzene rings is 1. The minimum absolute atomic E-state index is 0.137. The van der Waals surface area contributed by atoms with Gasteiger partial charge in [-0.2, -0.15) is 0 Å². The highest BCUT2D eigenvalue weighted by Crippen LogP contribution is 2.22. The van der Waals surface area contributed by atoms with E-state index in [1.807, 2.05) is 12.1 Å². The number of carbonyl (C=O) groups excluding carboxylic acids is 2. The molecular weight excluding hydrogens is 290 g/mol. The van der Waals surface area contributed by atoms with Gasteiger partial charge in [-0.1, -0.05) is 12.1 Å². The van der Waals surface area contributed by atoms with Crippen LogP contribution in [-0.2, 0) is 0 Å². The molecule has 2 aliphatic heterocycles. The molecule has 5 heteroatoms. The molecule has 2 aliphatic rings. The minimum atomic E-state index is -0.137. The first-order valence-corrected chi connectivity index (χ1v) is 8.53. The summed E-state index contributed by atoms with van der Waals surface area (Å²) < 4.78 is 0. The maximum Gasteiger partial charge on any atom is 0.261 e. The average molecular weight is 315 g/mol. The number of carbonyl (C=O) groups is 2. The van der Waals surface area contributed by atoms with Crippen molar-refractivity contribution in [3.63, 3.8) is 0 Å². The van der Waals surface area contributed by atoms with Crippen molar-refractivity contribution in [2.24, 2.45) is 0 Å². The van der Waals surface area contributed by atoms with Gasteiger partial charge in [0.1, 0.15) is 0 Å². The zero-order valence-electron chi connectivity index (χ0n) is 13.8. The van der Waals surface area contributed by atoms with Gasteiger partial charge in [0.2, 0.25) is 0 Å². The summed E-state index contributed by atoms with van der Waals surface area (Å²) in [5.41, 5.74) is 1.10. The van der Waals surface area contributed by atoms with Crippen LogP contribution in [0, 0.1) is 0 Å². The van der Waals surface area contributed by atoms with Crippen LogP contribution in [0.3, 0.4) is 0 Å². The molecule has 5 nitrogen and oxygen atoms in total. The number of unbranched alkanes of at least 4 members (excludes halogenated alkanes) is 1. The summed E-state index contributed by atoms with van der Waals surface area (Å²) in [4.78, 5) is 30.8. The molecule has 2 amide bonds. The molecule has 0 saturated carbocycles. The third-order valence-electron chi connectivity index (χ3n) is 4.80. The number of imide groups is 1. The lowest BCUT2D eigenvalue weighted by Gasteiger charge is -2.20. The molecule has 0 aromatic heterocycles. The lowest BCUT2D eigenvalue weighted by molar-refractivity contribution is 0.0650. The van der Waals surface area contributed by atoms with Crippen LogP contribution < -0.4 is 0 Å². The third kappa shape index (κ3) is 3.62. The van der Waals surface area contributed by atoms with Gasteiger partial charge in [-0.05, 0) is 58.1 Å². The van der Waals surface area contributed by atoms with Crippen molar-refractivity contribution in [3.8, 4) is 0 Å². The van der Waals surface area contributed by atoms with Gasteiger partial charge < -0.3 is 9.80 Å². The van der Waals surface area contributed by atoms with E-state index in [-0.39, 0.29) is 11.8 Å². The molecule has 1 fully saturated rings. The lowest BCUT2D eigenvalue weighted by atomic mass is 10.1. The zero-order chi connectivity index (χ0) is 16.2. The van der Waals surface area contributed by atoms with Gasteiger partial charge in [-0.25, -0.2) is 0 Å². The van der Waals surface area contributed by atoms with E-state index in [4.69, 9.17) is 0 Å². The summed E-state index contributed by atoms with van der Waals surface area (Å²) in [5.74, 6) is -0.274. The molecular formula is C18H25N3O2. The Morgan fingerprint density at radius 1 is 0.870 bits per heavy atom. The fraction of sp³-hybridized carbons (Fsp3) is 0.556. The summed E-state index contributed by atoms with van der Waals surface area (Å²) in [6, 6.07) is 7.10. The normalized spacial score (nSPS) is 20.0. The Morgan fingerprint density at radius 3 is 2.22 bits per heavy atom. The van der Waals surface area contributed by atoms with Crippen LogP contribution in [-0.4, -0.2) is 72.8 Å². The monoisotopic (exact) mass is 315 g/mol. The van der Waals surface area contributed by atoms with Crippen molar-refractivity contribution in [1.29, 1.82) is 0 Å². The topological polar surface area (TPSA) is 43.9 Å². The van der Waals surface area contributed by atoms with Gasteiger partial charge in [0.05, 0.1) is 11.1 Å². The van der Waals surface area contributed by atoms with Crippen molar-refractivity contribution in [2.45, 2.75) is 19.3 Å². The molecule has 1 aromatic carbocycles. The molecule has 0 spiro atoms. The lowest BCUT2D eigenvalue weighted by Crippen LogP contribution is -2.32. The largest absolute Gasteiger partial charge is 0.305 e. The maximum absolute atomic E-state index is 12.3. The van der Waals surface area contributed by atoms with Crippen molar-refractivity contribution in [2.75, 3.05) is 46.3 Å². The first-order valence-electron chi connectivity index (χ1n) is 8.53. The maximum atomic E-state index is 12.3. The fourth-order valence-electron chi connectivity index (χ4n) is 3.37. The zero-order valence-corrected chi connectivity index (χ0v) is 13.8. The van der Waals surface area contributed by atoms with Gasteiger partial charge in [-0.3, -0.25) is 14.5 Å². The Bertz CT molecular complexity index is 552. The summed E-state index contributed by atoms with van der Waals surface area (Å²) in [7, 11) is 2.17. The Hall–Kier alpha value is -1.72. The van der Waals surface area contributed by atoms with Crippen LogP contribution >= 0.6 is 0 Å². The average Bonchev–Trinajstić information content (AvgIpc) is 2.70. The van der Waals surface area contributed by atoms with Crippen molar-refractivity contribution >= 4 is 11.8 Å². The van der Waals surface area contributed by atoms with Crippen LogP contribution in [0.4, 0.5) is 0 Å². The highest BCUT2D eigenvalue weighted by molar-refractivity contribution is 6.21. The number of hydrogen-bond acceptors (Lipinski definition) is 4. The summed E-state index contributed by atoms with van der Waals surface area (Å²) in [5, 5.41) is 0. The van der Waals surface area contributed by atoms with E-state index in [0.717, 1.165) is 39.0 Å². The second-order valence-corrected chi connectivity index (χ2v) is 6.51. The molecule has 0 bridgehead atoms. The number of amides is 2. The molecule has 0 atom stereocenters. The van der Waals surface area contributed by atoms with Crippen LogP contribution in [0.5, 0.6) is 0 Å². The van der Waals surface area contributed by atoms with E-state index in [0.29, 0.717) is 17.7 Å². The second-order valence-electron chi connectivity index (χ2n) is 6.51. The number of nitrogens with zero attached hydrogens (tertiary/aromatic N) is 3. The predicted molar refractivity (Wildman–Crippen MR) is 89.6 cm³/mol.